The Balaban J connectivity index is 2.39. The van der Waals surface area contributed by atoms with Crippen LogP contribution >= 0.6 is 0 Å². The Morgan fingerprint density at radius 3 is 2.92 bits per heavy atom. The van der Waals surface area contributed by atoms with Crippen molar-refractivity contribution in [1.82, 2.24) is 4.90 Å². The van der Waals surface area contributed by atoms with Crippen molar-refractivity contribution >= 4 is 5.91 Å². The lowest BCUT2D eigenvalue weighted by Crippen LogP contribution is -2.41. The van der Waals surface area contributed by atoms with Crippen molar-refractivity contribution in [3.63, 3.8) is 0 Å². The van der Waals surface area contributed by atoms with E-state index in [2.05, 4.69) is 0 Å². The Kier molecular flexibility index (Phi) is 3.53. The number of likely N-dealkylation sites (N-methyl/N-ethyl adjacent to an activating group) is 1. The van der Waals surface area contributed by atoms with Crippen LogP contribution in [-0.2, 0) is 9.53 Å². The number of rotatable bonds is 2. The second-order valence-corrected chi connectivity index (χ2v) is 3.23. The lowest BCUT2D eigenvalue weighted by Gasteiger charge is -2.30. The van der Waals surface area contributed by atoms with Crippen LogP contribution in [0.3, 0.4) is 0 Å². The molecular weight excluding hydrogens is 154 g/mol. The van der Waals surface area contributed by atoms with Gasteiger partial charge in [-0.3, -0.25) is 4.79 Å². The molecule has 0 aromatic heterocycles. The molecule has 12 heavy (non-hydrogen) atoms. The van der Waals surface area contributed by atoms with Gasteiger partial charge in [-0.25, -0.2) is 0 Å². The van der Waals surface area contributed by atoms with Crippen molar-refractivity contribution in [3.05, 3.63) is 0 Å². The maximum Gasteiger partial charge on any atom is 0.222 e. The topological polar surface area (TPSA) is 29.5 Å². The number of hydrogen-bond acceptors (Lipinski definition) is 2. The molecule has 0 aromatic rings. The summed E-state index contributed by atoms with van der Waals surface area (Å²) in [6.07, 6.45) is 2.75. The Bertz CT molecular complexity index is 153. The van der Waals surface area contributed by atoms with E-state index in [4.69, 9.17) is 4.74 Å². The fraction of sp³-hybridized carbons (Fsp3) is 0.889. The summed E-state index contributed by atoms with van der Waals surface area (Å²) in [5.41, 5.74) is 0. The van der Waals surface area contributed by atoms with Crippen LogP contribution in [0.15, 0.2) is 0 Å². The summed E-state index contributed by atoms with van der Waals surface area (Å²) in [7, 11) is 1.87. The zero-order valence-electron chi connectivity index (χ0n) is 7.88. The lowest BCUT2D eigenvalue weighted by molar-refractivity contribution is -0.134. The molecule has 1 heterocycles. The van der Waals surface area contributed by atoms with Gasteiger partial charge in [-0.05, 0) is 12.8 Å². The van der Waals surface area contributed by atoms with Crippen LogP contribution in [0.5, 0.6) is 0 Å². The molecule has 1 aliphatic heterocycles. The first-order valence-electron chi connectivity index (χ1n) is 4.59. The summed E-state index contributed by atoms with van der Waals surface area (Å²) in [4.78, 5) is 13.1. The van der Waals surface area contributed by atoms with Crippen LogP contribution in [0.1, 0.15) is 26.2 Å². The molecule has 0 N–H and O–H groups in total. The lowest BCUT2D eigenvalue weighted by atomic mass is 10.1. The molecule has 0 aliphatic carbocycles. The molecule has 1 rings (SSSR count). The summed E-state index contributed by atoms with van der Waals surface area (Å²) in [5.74, 6) is 0.213. The molecule has 1 atom stereocenters. The molecule has 1 saturated heterocycles. The molecule has 0 radical (unpaired) electrons. The quantitative estimate of drug-likeness (QED) is 0.621. The van der Waals surface area contributed by atoms with E-state index >= 15 is 0 Å². The first kappa shape index (κ1) is 9.52. The van der Waals surface area contributed by atoms with E-state index < -0.39 is 0 Å². The van der Waals surface area contributed by atoms with Gasteiger partial charge in [-0.1, -0.05) is 6.92 Å². The highest BCUT2D eigenvalue weighted by Gasteiger charge is 2.20. The van der Waals surface area contributed by atoms with Crippen molar-refractivity contribution in [3.8, 4) is 0 Å². The zero-order chi connectivity index (χ0) is 8.97. The number of carbonyl (C=O) groups excluding carboxylic acids is 1. The zero-order valence-corrected chi connectivity index (χ0v) is 7.88. The predicted molar refractivity (Wildman–Crippen MR) is 46.9 cm³/mol. The van der Waals surface area contributed by atoms with Crippen LogP contribution < -0.4 is 0 Å². The average Bonchev–Trinajstić information content (AvgIpc) is 2.17. The Morgan fingerprint density at radius 1 is 1.67 bits per heavy atom. The standard InChI is InChI=1S/C9H17NO2/c1-3-9(11)10(2)8-5-4-6-12-7-8/h8H,3-7H2,1-2H3. The van der Waals surface area contributed by atoms with Crippen LogP contribution in [-0.4, -0.2) is 37.1 Å². The van der Waals surface area contributed by atoms with E-state index in [-0.39, 0.29) is 5.91 Å². The molecule has 3 heteroatoms. The monoisotopic (exact) mass is 171 g/mol. The fourth-order valence-corrected chi connectivity index (χ4v) is 1.48. The van der Waals surface area contributed by atoms with Gasteiger partial charge in [0.2, 0.25) is 5.91 Å². The normalized spacial score (nSPS) is 23.7. The molecular formula is C9H17NO2. The van der Waals surface area contributed by atoms with Crippen LogP contribution in [0.4, 0.5) is 0 Å². The summed E-state index contributed by atoms with van der Waals surface area (Å²) in [5, 5.41) is 0. The van der Waals surface area contributed by atoms with Crippen molar-refractivity contribution in [2.75, 3.05) is 20.3 Å². The molecule has 70 valence electrons. The van der Waals surface area contributed by atoms with Gasteiger partial charge in [0.1, 0.15) is 0 Å². The maximum absolute atomic E-state index is 11.3. The summed E-state index contributed by atoms with van der Waals surface area (Å²) >= 11 is 0. The predicted octanol–water partition coefficient (Wildman–Crippen LogP) is 1.03. The highest BCUT2D eigenvalue weighted by atomic mass is 16.5. The largest absolute Gasteiger partial charge is 0.379 e. The van der Waals surface area contributed by atoms with E-state index in [0.29, 0.717) is 19.1 Å². The van der Waals surface area contributed by atoms with Crippen molar-refractivity contribution in [2.45, 2.75) is 32.2 Å². The van der Waals surface area contributed by atoms with Crippen molar-refractivity contribution in [2.24, 2.45) is 0 Å². The molecule has 0 aromatic carbocycles. The summed E-state index contributed by atoms with van der Waals surface area (Å²) in [6.45, 7) is 3.45. The minimum absolute atomic E-state index is 0.213. The van der Waals surface area contributed by atoms with E-state index in [1.807, 2.05) is 18.9 Å². The van der Waals surface area contributed by atoms with Gasteiger partial charge >= 0.3 is 0 Å². The molecule has 0 saturated carbocycles. The highest BCUT2D eigenvalue weighted by molar-refractivity contribution is 5.75. The minimum Gasteiger partial charge on any atom is -0.379 e. The SMILES string of the molecule is CCC(=O)N(C)C1CCCOC1. The number of carbonyl (C=O) groups is 1. The minimum atomic E-state index is 0.213. The molecule has 0 spiro atoms. The number of nitrogens with zero attached hydrogens (tertiary/aromatic N) is 1. The van der Waals surface area contributed by atoms with Crippen molar-refractivity contribution < 1.29 is 9.53 Å². The van der Waals surface area contributed by atoms with Crippen LogP contribution in [0.2, 0.25) is 0 Å². The average molecular weight is 171 g/mol. The van der Waals surface area contributed by atoms with Gasteiger partial charge in [0.15, 0.2) is 0 Å². The van der Waals surface area contributed by atoms with E-state index in [1.165, 1.54) is 0 Å². The first-order valence-corrected chi connectivity index (χ1v) is 4.59. The summed E-state index contributed by atoms with van der Waals surface area (Å²) < 4.78 is 5.30. The summed E-state index contributed by atoms with van der Waals surface area (Å²) in [6, 6.07) is 0.311. The Morgan fingerprint density at radius 2 is 2.42 bits per heavy atom. The molecule has 1 unspecified atom stereocenters. The number of hydrogen-bond donors (Lipinski definition) is 0. The molecule has 1 aliphatic rings. The second-order valence-electron chi connectivity index (χ2n) is 3.23. The smallest absolute Gasteiger partial charge is 0.222 e. The molecule has 0 bridgehead atoms. The highest BCUT2D eigenvalue weighted by Crippen LogP contribution is 2.12. The molecule has 1 fully saturated rings. The Labute approximate surface area is 73.7 Å². The number of ether oxygens (including phenoxy) is 1. The first-order chi connectivity index (χ1) is 5.75. The van der Waals surface area contributed by atoms with E-state index in [9.17, 15) is 4.79 Å². The van der Waals surface area contributed by atoms with Gasteiger partial charge in [-0.2, -0.15) is 0 Å². The van der Waals surface area contributed by atoms with Gasteiger partial charge in [0, 0.05) is 20.1 Å². The van der Waals surface area contributed by atoms with Gasteiger partial charge in [0.05, 0.1) is 12.6 Å². The number of amides is 1. The van der Waals surface area contributed by atoms with E-state index in [0.717, 1.165) is 19.4 Å². The molecule has 3 nitrogen and oxygen atoms in total. The van der Waals surface area contributed by atoms with Gasteiger partial charge in [0.25, 0.3) is 0 Å². The maximum atomic E-state index is 11.3. The van der Waals surface area contributed by atoms with Gasteiger partial charge < -0.3 is 9.64 Å². The third-order valence-electron chi connectivity index (χ3n) is 2.38. The van der Waals surface area contributed by atoms with Crippen LogP contribution in [0.25, 0.3) is 0 Å². The van der Waals surface area contributed by atoms with Gasteiger partial charge in [-0.15, -0.1) is 0 Å². The third-order valence-corrected chi connectivity index (χ3v) is 2.38. The van der Waals surface area contributed by atoms with Crippen molar-refractivity contribution in [1.29, 1.82) is 0 Å². The third kappa shape index (κ3) is 2.21. The fourth-order valence-electron chi connectivity index (χ4n) is 1.48. The van der Waals surface area contributed by atoms with E-state index in [1.54, 1.807) is 0 Å². The second kappa shape index (κ2) is 4.45. The molecule has 1 amide bonds. The van der Waals surface area contributed by atoms with Crippen LogP contribution in [0, 0.1) is 0 Å². The Hall–Kier alpha value is -0.570.